The summed E-state index contributed by atoms with van der Waals surface area (Å²) in [5.74, 6) is 0. The van der Waals surface area contributed by atoms with Gasteiger partial charge in [-0.3, -0.25) is 0 Å². The predicted octanol–water partition coefficient (Wildman–Crippen LogP) is 1.09. The predicted molar refractivity (Wildman–Crippen MR) is 56.0 cm³/mol. The first-order valence-electron chi connectivity index (χ1n) is 4.28. The molecule has 3 radical (unpaired) electrons. The molecular weight excluding hydrogens is 146 g/mol. The van der Waals surface area contributed by atoms with Crippen molar-refractivity contribution in [3.05, 3.63) is 0 Å². The molecule has 0 amide bonds. The minimum absolute atomic E-state index is 0.0295. The van der Waals surface area contributed by atoms with Crippen LogP contribution in [0.4, 0.5) is 0 Å². The minimum Gasteiger partial charge on any atom is -0.379 e. The van der Waals surface area contributed by atoms with Crippen LogP contribution in [-0.2, 0) is 0 Å². The van der Waals surface area contributed by atoms with E-state index in [0.717, 1.165) is 0 Å². The summed E-state index contributed by atoms with van der Waals surface area (Å²) in [4.78, 5) is 0. The van der Waals surface area contributed by atoms with Crippen LogP contribution in [0.3, 0.4) is 0 Å². The van der Waals surface area contributed by atoms with Gasteiger partial charge in [0.1, 0.15) is 0 Å². The van der Waals surface area contributed by atoms with Crippen LogP contribution in [-0.4, -0.2) is 31.3 Å². The van der Waals surface area contributed by atoms with Gasteiger partial charge in [-0.15, -0.1) is 0 Å². The van der Waals surface area contributed by atoms with Crippen LogP contribution in [0, 0.1) is 0 Å². The van der Waals surface area contributed by atoms with E-state index < -0.39 is 0 Å². The highest BCUT2D eigenvalue weighted by atomic mass is 15.1. The Morgan fingerprint density at radius 1 is 1.08 bits per heavy atom. The summed E-state index contributed by atoms with van der Waals surface area (Å²) in [6, 6.07) is 0. The van der Waals surface area contributed by atoms with Gasteiger partial charge in [0.15, 0.2) is 7.98 Å². The molecule has 67 valence electrons. The molecule has 0 unspecified atom stereocenters. The second-order valence-electron chi connectivity index (χ2n) is 5.10. The molecule has 0 aromatic heterocycles. The van der Waals surface area contributed by atoms with Crippen LogP contribution in [0.1, 0.15) is 41.5 Å². The van der Waals surface area contributed by atoms with Crippen molar-refractivity contribution in [2.75, 3.05) is 0 Å². The average Bonchev–Trinajstić information content (AvgIpc) is 1.78. The van der Waals surface area contributed by atoms with E-state index in [1.165, 1.54) is 0 Å². The maximum absolute atomic E-state index is 5.77. The van der Waals surface area contributed by atoms with Gasteiger partial charge in [0.25, 0.3) is 7.55 Å². The lowest BCUT2D eigenvalue weighted by Gasteiger charge is -2.34. The van der Waals surface area contributed by atoms with Crippen molar-refractivity contribution >= 4 is 15.5 Å². The summed E-state index contributed by atoms with van der Waals surface area (Å²) in [5, 5.41) is 3.20. The smallest absolute Gasteiger partial charge is 0.297 e. The summed E-state index contributed by atoms with van der Waals surface area (Å²) >= 11 is 0. The minimum atomic E-state index is -0.0295. The second kappa shape index (κ2) is 3.84. The van der Waals surface area contributed by atoms with Crippen molar-refractivity contribution < 1.29 is 0 Å². The van der Waals surface area contributed by atoms with Crippen LogP contribution in [0.25, 0.3) is 0 Å². The molecule has 0 rings (SSSR count). The lowest BCUT2D eigenvalue weighted by atomic mass is 9.87. The van der Waals surface area contributed by atoms with Crippen molar-refractivity contribution in [2.45, 2.75) is 52.6 Å². The van der Waals surface area contributed by atoms with Crippen LogP contribution >= 0.6 is 0 Å². The summed E-state index contributed by atoms with van der Waals surface area (Å²) in [6.07, 6.45) is 0. The Morgan fingerprint density at radius 2 is 1.50 bits per heavy atom. The van der Waals surface area contributed by atoms with Crippen LogP contribution < -0.4 is 5.23 Å². The van der Waals surface area contributed by atoms with E-state index in [-0.39, 0.29) is 11.1 Å². The second-order valence-corrected chi connectivity index (χ2v) is 5.10. The van der Waals surface area contributed by atoms with Crippen molar-refractivity contribution in [3.8, 4) is 0 Å². The van der Waals surface area contributed by atoms with Gasteiger partial charge in [-0.2, -0.15) is 0 Å². The topological polar surface area (TPSA) is 15.3 Å². The molecule has 0 saturated heterocycles. The molecule has 0 spiro atoms. The molecule has 0 aliphatic carbocycles. The van der Waals surface area contributed by atoms with Gasteiger partial charge < -0.3 is 9.95 Å². The summed E-state index contributed by atoms with van der Waals surface area (Å²) in [7, 11) is 7.59. The third-order valence-corrected chi connectivity index (χ3v) is 1.41. The molecular formula is C8H19B2N2. The van der Waals surface area contributed by atoms with Gasteiger partial charge >= 0.3 is 0 Å². The summed E-state index contributed by atoms with van der Waals surface area (Å²) in [6.45, 7) is 12.5. The number of nitrogens with zero attached hydrogens (tertiary/aromatic N) is 1. The molecule has 0 aromatic carbocycles. The molecule has 1 N–H and O–H groups in total. The summed E-state index contributed by atoms with van der Waals surface area (Å²) < 4.78 is 1.68. The third kappa shape index (κ3) is 5.67. The molecule has 0 atom stereocenters. The zero-order valence-electron chi connectivity index (χ0n) is 9.10. The Balaban J connectivity index is 3.80. The highest BCUT2D eigenvalue weighted by Gasteiger charge is 2.19. The van der Waals surface area contributed by atoms with Crippen LogP contribution in [0.5, 0.6) is 0 Å². The summed E-state index contributed by atoms with van der Waals surface area (Å²) in [5.41, 5.74) is 0.0428. The standard InChI is InChI=1S/C8H19B2N2/c1-7(2,3)11-10-12(9)8(4,5)6/h11H,1-6H3. The van der Waals surface area contributed by atoms with Gasteiger partial charge in [0, 0.05) is 5.54 Å². The van der Waals surface area contributed by atoms with Crippen molar-refractivity contribution in [3.63, 3.8) is 0 Å². The quantitative estimate of drug-likeness (QED) is 0.616. The first kappa shape index (κ1) is 12.0. The number of hydrogen-bond donors (Lipinski definition) is 1. The number of nitrogens with one attached hydrogen (secondary N) is 1. The van der Waals surface area contributed by atoms with E-state index in [9.17, 15) is 0 Å². The van der Waals surface area contributed by atoms with Gasteiger partial charge in [-0.05, 0) is 47.1 Å². The Morgan fingerprint density at radius 3 is 1.75 bits per heavy atom. The molecule has 0 aromatic rings. The van der Waals surface area contributed by atoms with E-state index in [1.807, 2.05) is 7.55 Å². The fourth-order valence-corrected chi connectivity index (χ4v) is 0.457. The van der Waals surface area contributed by atoms with E-state index in [4.69, 9.17) is 7.98 Å². The van der Waals surface area contributed by atoms with Gasteiger partial charge in [0.2, 0.25) is 0 Å². The van der Waals surface area contributed by atoms with E-state index >= 15 is 0 Å². The van der Waals surface area contributed by atoms with E-state index in [1.54, 1.807) is 4.72 Å². The van der Waals surface area contributed by atoms with Crippen LogP contribution in [0.15, 0.2) is 0 Å². The highest BCUT2D eigenvalue weighted by Crippen LogP contribution is 2.08. The fourth-order valence-electron chi connectivity index (χ4n) is 0.457. The first-order chi connectivity index (χ1) is 5.13. The van der Waals surface area contributed by atoms with Crippen molar-refractivity contribution in [2.24, 2.45) is 0 Å². The largest absolute Gasteiger partial charge is 0.379 e. The van der Waals surface area contributed by atoms with Gasteiger partial charge in [-0.25, -0.2) is 0 Å². The maximum Gasteiger partial charge on any atom is 0.297 e. The Labute approximate surface area is 78.8 Å². The fraction of sp³-hybridized carbons (Fsp3) is 1.00. The van der Waals surface area contributed by atoms with Gasteiger partial charge in [-0.1, -0.05) is 0 Å². The maximum atomic E-state index is 5.77. The lowest BCUT2D eigenvalue weighted by molar-refractivity contribution is 0.368. The molecule has 0 aliphatic rings. The molecule has 0 fully saturated rings. The molecule has 0 aliphatic heterocycles. The normalized spacial score (nSPS) is 13.6. The molecule has 12 heavy (non-hydrogen) atoms. The molecule has 0 heterocycles. The molecule has 2 nitrogen and oxygen atoms in total. The van der Waals surface area contributed by atoms with Crippen molar-refractivity contribution in [1.29, 1.82) is 0 Å². The van der Waals surface area contributed by atoms with Crippen molar-refractivity contribution in [1.82, 2.24) is 9.95 Å². The molecule has 4 heteroatoms. The van der Waals surface area contributed by atoms with E-state index in [2.05, 4.69) is 46.8 Å². The van der Waals surface area contributed by atoms with Crippen LogP contribution in [0.2, 0.25) is 0 Å². The van der Waals surface area contributed by atoms with Gasteiger partial charge in [0.05, 0.1) is 0 Å². The number of rotatable bonds is 2. The Kier molecular flexibility index (Phi) is 3.86. The third-order valence-electron chi connectivity index (χ3n) is 1.41. The molecule has 0 bridgehead atoms. The number of hydrogen-bond acceptors (Lipinski definition) is 2. The first-order valence-corrected chi connectivity index (χ1v) is 4.28. The zero-order chi connectivity index (χ0) is 9.99. The zero-order valence-corrected chi connectivity index (χ0v) is 9.10. The van der Waals surface area contributed by atoms with E-state index in [0.29, 0.717) is 0 Å². The Bertz CT molecular complexity index is 135. The lowest BCUT2D eigenvalue weighted by Crippen LogP contribution is -2.52. The average molecular weight is 165 g/mol. The highest BCUT2D eigenvalue weighted by molar-refractivity contribution is 6.39. The monoisotopic (exact) mass is 165 g/mol. The Hall–Kier alpha value is 0.0499. The molecule has 0 saturated carbocycles. The SMILES string of the molecule is [B]N([B]NC(C)(C)C)C(C)(C)C.